The Labute approximate surface area is 252 Å². The molecule has 0 bridgehead atoms. The lowest BCUT2D eigenvalue weighted by Crippen LogP contribution is -2.05. The van der Waals surface area contributed by atoms with Gasteiger partial charge in [0.15, 0.2) is 0 Å². The minimum absolute atomic E-state index is 0.147. The smallest absolute Gasteiger partial charge is 0.303 e. The molecule has 0 amide bonds. The monoisotopic (exact) mass is 574 g/mol. The van der Waals surface area contributed by atoms with E-state index in [0.29, 0.717) is 6.42 Å². The molecule has 0 aromatic carbocycles. The number of carboxylic acid groups (broad SMARTS) is 2. The third kappa shape index (κ3) is 42.2. The van der Waals surface area contributed by atoms with Crippen LogP contribution in [0.4, 0.5) is 0 Å². The molecule has 0 aromatic rings. The van der Waals surface area contributed by atoms with Crippen molar-refractivity contribution in [2.45, 2.75) is 155 Å². The van der Waals surface area contributed by atoms with Gasteiger partial charge in [-0.15, -0.1) is 0 Å². The number of hydrogen-bond acceptors (Lipinski definition) is 3. The minimum atomic E-state index is -0.709. The van der Waals surface area contributed by atoms with E-state index in [1.807, 2.05) is 0 Å². The SMILES string of the molecule is CCCCC/C=C\C/C=C\C/C=C\CCCCC(=O)O.CCCCCC(O)CCC=CCC=CCCCCC(=O)O. The summed E-state index contributed by atoms with van der Waals surface area (Å²) in [6.45, 7) is 4.40. The number of aliphatic carboxylic acids is 2. The number of hydrogen-bond donors (Lipinski definition) is 3. The van der Waals surface area contributed by atoms with Gasteiger partial charge in [0.1, 0.15) is 0 Å². The Balaban J connectivity index is 0. The van der Waals surface area contributed by atoms with Crippen LogP contribution in [-0.2, 0) is 9.59 Å². The first kappa shape index (κ1) is 40.7. The normalized spacial score (nSPS) is 12.7. The molecule has 0 aliphatic rings. The van der Waals surface area contributed by atoms with Gasteiger partial charge in [-0.2, -0.15) is 0 Å². The number of unbranched alkanes of at least 4 members (excludes halogenated alkanes) is 9. The average molecular weight is 575 g/mol. The first-order valence-corrected chi connectivity index (χ1v) is 16.3. The van der Waals surface area contributed by atoms with Crippen LogP contribution in [0.15, 0.2) is 60.8 Å². The lowest BCUT2D eigenvalue weighted by Gasteiger charge is -2.07. The molecule has 0 aliphatic heterocycles. The largest absolute Gasteiger partial charge is 0.481 e. The van der Waals surface area contributed by atoms with Crippen molar-refractivity contribution in [1.29, 1.82) is 0 Å². The molecule has 0 heterocycles. The number of rotatable bonds is 27. The van der Waals surface area contributed by atoms with Crippen LogP contribution in [0.3, 0.4) is 0 Å². The lowest BCUT2D eigenvalue weighted by molar-refractivity contribution is -0.138. The van der Waals surface area contributed by atoms with Crippen molar-refractivity contribution in [2.24, 2.45) is 0 Å². The molecule has 0 saturated heterocycles. The van der Waals surface area contributed by atoms with Gasteiger partial charge < -0.3 is 15.3 Å². The second-order valence-corrected chi connectivity index (χ2v) is 10.6. The van der Waals surface area contributed by atoms with Gasteiger partial charge in [-0.05, 0) is 89.9 Å². The standard InChI is InChI=1S/C18H32O3.C18H30O2/c1-2-3-11-14-17(19)15-12-9-7-5-4-6-8-10-13-16-18(20)21;1-2-3-4-5-6-7-8-9-10-11-12-13-14-15-16-17-18(19)20/h4,6-7,9,17,19H,2-3,5,8,10-16H2,1H3,(H,20,21);6-7,9-10,12-13H,2-5,8,11,14-17H2,1H3,(H,19,20)/b;7-6-,10-9-,13-12-. The summed E-state index contributed by atoms with van der Waals surface area (Å²) in [7, 11) is 0. The van der Waals surface area contributed by atoms with E-state index >= 15 is 0 Å². The maximum Gasteiger partial charge on any atom is 0.303 e. The van der Waals surface area contributed by atoms with Gasteiger partial charge in [0, 0.05) is 12.8 Å². The zero-order chi connectivity index (χ0) is 30.7. The molecule has 0 rings (SSSR count). The van der Waals surface area contributed by atoms with Crippen LogP contribution < -0.4 is 0 Å². The molecular weight excluding hydrogens is 512 g/mol. The van der Waals surface area contributed by atoms with E-state index in [2.05, 4.69) is 74.6 Å². The van der Waals surface area contributed by atoms with Gasteiger partial charge in [-0.3, -0.25) is 9.59 Å². The highest BCUT2D eigenvalue weighted by Crippen LogP contribution is 2.09. The molecule has 5 nitrogen and oxygen atoms in total. The van der Waals surface area contributed by atoms with Crippen LogP contribution in [0.25, 0.3) is 0 Å². The van der Waals surface area contributed by atoms with Gasteiger partial charge in [-0.25, -0.2) is 0 Å². The van der Waals surface area contributed by atoms with Crippen molar-refractivity contribution in [3.05, 3.63) is 60.8 Å². The Morgan fingerprint density at radius 1 is 0.488 bits per heavy atom. The fourth-order valence-electron chi connectivity index (χ4n) is 3.94. The maximum atomic E-state index is 10.3. The predicted molar refractivity (Wildman–Crippen MR) is 175 cm³/mol. The molecule has 3 N–H and O–H groups in total. The van der Waals surface area contributed by atoms with Gasteiger partial charge in [0.25, 0.3) is 0 Å². The summed E-state index contributed by atoms with van der Waals surface area (Å²) in [5.74, 6) is -1.40. The van der Waals surface area contributed by atoms with Crippen LogP contribution >= 0.6 is 0 Å². The highest BCUT2D eigenvalue weighted by Gasteiger charge is 2.01. The molecule has 1 unspecified atom stereocenters. The number of aliphatic hydroxyl groups is 1. The number of aliphatic hydroxyl groups excluding tert-OH is 1. The highest BCUT2D eigenvalue weighted by atomic mass is 16.4. The molecule has 0 radical (unpaired) electrons. The van der Waals surface area contributed by atoms with Crippen LogP contribution in [0.1, 0.15) is 149 Å². The maximum absolute atomic E-state index is 10.3. The van der Waals surface area contributed by atoms with Crippen LogP contribution in [-0.4, -0.2) is 33.4 Å². The molecule has 0 aliphatic carbocycles. The quantitative estimate of drug-likeness (QED) is 0.0670. The topological polar surface area (TPSA) is 94.8 Å². The third-order valence-electron chi connectivity index (χ3n) is 6.45. The highest BCUT2D eigenvalue weighted by molar-refractivity contribution is 5.66. The lowest BCUT2D eigenvalue weighted by atomic mass is 10.1. The van der Waals surface area contributed by atoms with Crippen LogP contribution in [0, 0.1) is 0 Å². The van der Waals surface area contributed by atoms with E-state index in [-0.39, 0.29) is 12.5 Å². The van der Waals surface area contributed by atoms with E-state index in [9.17, 15) is 14.7 Å². The molecule has 0 spiro atoms. The predicted octanol–water partition coefficient (Wildman–Crippen LogP) is 10.5. The van der Waals surface area contributed by atoms with Crippen molar-refractivity contribution >= 4 is 11.9 Å². The van der Waals surface area contributed by atoms with Crippen molar-refractivity contribution in [3.8, 4) is 0 Å². The molecule has 0 fully saturated rings. The molecule has 41 heavy (non-hydrogen) atoms. The second kappa shape index (κ2) is 35.6. The van der Waals surface area contributed by atoms with Gasteiger partial charge >= 0.3 is 11.9 Å². The Hall–Kier alpha value is -2.40. The average Bonchev–Trinajstić information content (AvgIpc) is 2.94. The van der Waals surface area contributed by atoms with Crippen molar-refractivity contribution < 1.29 is 24.9 Å². The summed E-state index contributed by atoms with van der Waals surface area (Å²) in [4.78, 5) is 20.6. The van der Waals surface area contributed by atoms with Crippen molar-refractivity contribution in [3.63, 3.8) is 0 Å². The van der Waals surface area contributed by atoms with E-state index in [0.717, 1.165) is 83.5 Å². The molecule has 236 valence electrons. The zero-order valence-corrected chi connectivity index (χ0v) is 26.4. The molecule has 1 atom stereocenters. The minimum Gasteiger partial charge on any atom is -0.481 e. The van der Waals surface area contributed by atoms with Crippen molar-refractivity contribution in [1.82, 2.24) is 0 Å². The fraction of sp³-hybridized carbons (Fsp3) is 0.667. The van der Waals surface area contributed by atoms with Gasteiger partial charge in [0.2, 0.25) is 0 Å². The summed E-state index contributed by atoms with van der Waals surface area (Å²) < 4.78 is 0. The number of carboxylic acids is 2. The van der Waals surface area contributed by atoms with E-state index in [1.54, 1.807) is 0 Å². The van der Waals surface area contributed by atoms with Gasteiger partial charge in [-0.1, -0.05) is 107 Å². The van der Waals surface area contributed by atoms with E-state index in [4.69, 9.17) is 10.2 Å². The second-order valence-electron chi connectivity index (χ2n) is 10.6. The number of allylic oxidation sites excluding steroid dienone is 10. The summed E-state index contributed by atoms with van der Waals surface area (Å²) in [5, 5.41) is 26.7. The van der Waals surface area contributed by atoms with Crippen molar-refractivity contribution in [2.75, 3.05) is 0 Å². The van der Waals surface area contributed by atoms with E-state index in [1.165, 1.54) is 38.5 Å². The van der Waals surface area contributed by atoms with Crippen LogP contribution in [0.5, 0.6) is 0 Å². The third-order valence-corrected chi connectivity index (χ3v) is 6.45. The summed E-state index contributed by atoms with van der Waals surface area (Å²) in [5.41, 5.74) is 0. The zero-order valence-electron chi connectivity index (χ0n) is 26.4. The molecule has 0 aromatic heterocycles. The fourth-order valence-corrected chi connectivity index (χ4v) is 3.94. The van der Waals surface area contributed by atoms with Crippen LogP contribution in [0.2, 0.25) is 0 Å². The summed E-state index contributed by atoms with van der Waals surface area (Å²) in [6.07, 6.45) is 41.8. The molecular formula is C36H62O5. The summed E-state index contributed by atoms with van der Waals surface area (Å²) in [6, 6.07) is 0. The summed E-state index contributed by atoms with van der Waals surface area (Å²) >= 11 is 0. The Morgan fingerprint density at radius 3 is 1.27 bits per heavy atom. The van der Waals surface area contributed by atoms with Gasteiger partial charge in [0.05, 0.1) is 6.10 Å². The number of carbonyl (C=O) groups is 2. The Morgan fingerprint density at radius 2 is 0.854 bits per heavy atom. The Bertz CT molecular complexity index is 717. The molecule has 0 saturated carbocycles. The first-order valence-electron chi connectivity index (χ1n) is 16.3. The van der Waals surface area contributed by atoms with E-state index < -0.39 is 11.9 Å². The molecule has 5 heteroatoms. The first-order chi connectivity index (χ1) is 19.9. The Kier molecular flexibility index (Phi) is 35.4.